The molecule has 1 aromatic heterocycles. The van der Waals surface area contributed by atoms with Gasteiger partial charge in [0.25, 0.3) is 0 Å². The first-order chi connectivity index (χ1) is 8.38. The molecule has 0 aliphatic heterocycles. The molecular formula is C11H21N5O2. The van der Waals surface area contributed by atoms with Crippen molar-refractivity contribution >= 4 is 11.7 Å². The van der Waals surface area contributed by atoms with Crippen LogP contribution in [0, 0.1) is 12.3 Å². The number of rotatable bonds is 6. The highest BCUT2D eigenvalue weighted by Crippen LogP contribution is 2.21. The van der Waals surface area contributed by atoms with Gasteiger partial charge in [-0.2, -0.15) is 5.10 Å². The Balaban J connectivity index is 2.98. The van der Waals surface area contributed by atoms with Crippen molar-refractivity contribution in [1.82, 2.24) is 9.78 Å². The highest BCUT2D eigenvalue weighted by molar-refractivity contribution is 6.00. The summed E-state index contributed by atoms with van der Waals surface area (Å²) in [6, 6.07) is 0. The molecule has 18 heavy (non-hydrogen) atoms. The van der Waals surface area contributed by atoms with Gasteiger partial charge in [0, 0.05) is 27.7 Å². The molecule has 7 nitrogen and oxygen atoms in total. The van der Waals surface area contributed by atoms with Crippen LogP contribution in [-0.4, -0.2) is 54.1 Å². The number of amidine groups is 1. The van der Waals surface area contributed by atoms with Gasteiger partial charge in [0.2, 0.25) is 0 Å². The summed E-state index contributed by atoms with van der Waals surface area (Å²) in [5.74, 6) is 0.693. The molecule has 1 rings (SSSR count). The number of methoxy groups -OCH3 is 1. The van der Waals surface area contributed by atoms with Gasteiger partial charge in [0.05, 0.1) is 24.0 Å². The van der Waals surface area contributed by atoms with E-state index in [1.807, 2.05) is 11.9 Å². The lowest BCUT2D eigenvalue weighted by Crippen LogP contribution is -2.34. The van der Waals surface area contributed by atoms with Crippen LogP contribution in [0.5, 0.6) is 0 Å². The van der Waals surface area contributed by atoms with Gasteiger partial charge in [-0.3, -0.25) is 10.1 Å². The van der Waals surface area contributed by atoms with E-state index in [0.717, 1.165) is 5.82 Å². The molecule has 102 valence electrons. The molecule has 0 saturated carbocycles. The second-order valence-electron chi connectivity index (χ2n) is 4.31. The fourth-order valence-corrected chi connectivity index (χ4v) is 2.05. The highest BCUT2D eigenvalue weighted by atomic mass is 16.5. The second kappa shape index (κ2) is 5.83. The Labute approximate surface area is 107 Å². The quantitative estimate of drug-likeness (QED) is 0.468. The monoisotopic (exact) mass is 255 g/mol. The van der Waals surface area contributed by atoms with Crippen LogP contribution in [0.15, 0.2) is 0 Å². The zero-order valence-electron chi connectivity index (χ0n) is 11.3. The number of aliphatic hydroxyl groups is 1. The van der Waals surface area contributed by atoms with Crippen LogP contribution in [0.2, 0.25) is 0 Å². The molecule has 0 aromatic carbocycles. The van der Waals surface area contributed by atoms with Crippen LogP contribution in [-0.2, 0) is 11.8 Å². The minimum atomic E-state index is -0.602. The molecule has 0 aliphatic carbocycles. The van der Waals surface area contributed by atoms with Crippen molar-refractivity contribution in [2.45, 2.75) is 13.0 Å². The smallest absolute Gasteiger partial charge is 0.137 e. The van der Waals surface area contributed by atoms with Crippen LogP contribution in [0.25, 0.3) is 0 Å². The molecule has 0 bridgehead atoms. The minimum absolute atomic E-state index is 0.0244. The van der Waals surface area contributed by atoms with E-state index >= 15 is 0 Å². The molecule has 0 aliphatic rings. The Morgan fingerprint density at radius 1 is 1.67 bits per heavy atom. The number of nitrogens with zero attached hydrogens (tertiary/aromatic N) is 3. The molecule has 0 saturated heterocycles. The van der Waals surface area contributed by atoms with Crippen molar-refractivity contribution in [3.8, 4) is 0 Å². The number of hydrogen-bond acceptors (Lipinski definition) is 5. The third-order valence-electron chi connectivity index (χ3n) is 2.67. The normalized spacial score (nSPS) is 12.5. The summed E-state index contributed by atoms with van der Waals surface area (Å²) >= 11 is 0. The van der Waals surface area contributed by atoms with Gasteiger partial charge in [-0.05, 0) is 6.92 Å². The predicted molar refractivity (Wildman–Crippen MR) is 70.1 cm³/mol. The molecule has 1 aromatic rings. The number of nitrogen functional groups attached to an aromatic ring is 1. The molecule has 0 fully saturated rings. The van der Waals surface area contributed by atoms with Crippen LogP contribution in [0.3, 0.4) is 0 Å². The number of aryl methyl sites for hydroxylation is 2. The van der Waals surface area contributed by atoms with E-state index in [1.54, 1.807) is 25.8 Å². The predicted octanol–water partition coefficient (Wildman–Crippen LogP) is -0.544. The maximum absolute atomic E-state index is 9.73. The van der Waals surface area contributed by atoms with Gasteiger partial charge in [-0.25, -0.2) is 0 Å². The molecule has 0 radical (unpaired) electrons. The van der Waals surface area contributed by atoms with Gasteiger partial charge in [-0.15, -0.1) is 0 Å². The van der Waals surface area contributed by atoms with Gasteiger partial charge < -0.3 is 20.5 Å². The summed E-state index contributed by atoms with van der Waals surface area (Å²) in [4.78, 5) is 1.82. The lowest BCUT2D eigenvalue weighted by Gasteiger charge is -2.23. The third-order valence-corrected chi connectivity index (χ3v) is 2.67. The summed E-state index contributed by atoms with van der Waals surface area (Å²) in [6.45, 7) is 2.45. The van der Waals surface area contributed by atoms with E-state index in [-0.39, 0.29) is 12.4 Å². The van der Waals surface area contributed by atoms with Crippen molar-refractivity contribution in [3.63, 3.8) is 0 Å². The first-order valence-electron chi connectivity index (χ1n) is 5.64. The van der Waals surface area contributed by atoms with Crippen LogP contribution in [0.4, 0.5) is 5.82 Å². The maximum atomic E-state index is 9.73. The number of likely N-dealkylation sites (N-methyl/N-ethyl adjacent to an activating group) is 1. The average Bonchev–Trinajstić information content (AvgIpc) is 2.53. The summed E-state index contributed by atoms with van der Waals surface area (Å²) in [7, 11) is 5.15. The summed E-state index contributed by atoms with van der Waals surface area (Å²) < 4.78 is 6.55. The SMILES string of the molecule is COCC(O)CN(C)c1c(C(=N)N)c(C)nn1C. The number of anilines is 1. The van der Waals surface area contributed by atoms with Gasteiger partial charge >= 0.3 is 0 Å². The van der Waals surface area contributed by atoms with Crippen molar-refractivity contribution in [2.75, 3.05) is 32.2 Å². The Morgan fingerprint density at radius 3 is 2.78 bits per heavy atom. The Morgan fingerprint density at radius 2 is 2.28 bits per heavy atom. The first-order valence-corrected chi connectivity index (χ1v) is 5.64. The van der Waals surface area contributed by atoms with E-state index in [9.17, 15) is 5.11 Å². The summed E-state index contributed by atoms with van der Waals surface area (Å²) in [6.07, 6.45) is -0.602. The molecule has 1 unspecified atom stereocenters. The largest absolute Gasteiger partial charge is 0.389 e. The molecule has 4 N–H and O–H groups in total. The molecule has 1 atom stereocenters. The second-order valence-corrected chi connectivity index (χ2v) is 4.31. The fourth-order valence-electron chi connectivity index (χ4n) is 2.05. The van der Waals surface area contributed by atoms with Gasteiger partial charge in [-0.1, -0.05) is 0 Å². The molecular weight excluding hydrogens is 234 g/mol. The zero-order valence-corrected chi connectivity index (χ0v) is 11.3. The number of nitrogens with one attached hydrogen (secondary N) is 1. The number of aromatic nitrogens is 2. The lowest BCUT2D eigenvalue weighted by atomic mass is 10.2. The van der Waals surface area contributed by atoms with Crippen LogP contribution >= 0.6 is 0 Å². The molecule has 7 heteroatoms. The first kappa shape index (κ1) is 14.5. The van der Waals surface area contributed by atoms with Crippen molar-refractivity contribution < 1.29 is 9.84 Å². The van der Waals surface area contributed by atoms with Crippen LogP contribution < -0.4 is 10.6 Å². The topological polar surface area (TPSA) is 100 Å². The molecule has 1 heterocycles. The van der Waals surface area contributed by atoms with Crippen molar-refractivity contribution in [3.05, 3.63) is 11.3 Å². The lowest BCUT2D eigenvalue weighted by molar-refractivity contribution is 0.0693. The number of hydrogen-bond donors (Lipinski definition) is 3. The fraction of sp³-hybridized carbons (Fsp3) is 0.636. The molecule has 0 amide bonds. The van der Waals surface area contributed by atoms with E-state index in [4.69, 9.17) is 15.9 Å². The average molecular weight is 255 g/mol. The third kappa shape index (κ3) is 2.99. The molecule has 0 spiro atoms. The van der Waals surface area contributed by atoms with E-state index in [2.05, 4.69) is 5.10 Å². The highest BCUT2D eigenvalue weighted by Gasteiger charge is 2.20. The Kier molecular flexibility index (Phi) is 4.69. The Bertz CT molecular complexity index is 429. The maximum Gasteiger partial charge on any atom is 0.137 e. The standard InChI is InChI=1S/C11H21N5O2/c1-7-9(10(12)13)11(16(3)14-7)15(2)5-8(17)6-18-4/h8,17H,5-6H2,1-4H3,(H3,12,13). The number of nitrogens with two attached hydrogens (primary N) is 1. The summed E-state index contributed by atoms with van der Waals surface area (Å²) in [5.41, 5.74) is 6.88. The zero-order chi connectivity index (χ0) is 13.9. The van der Waals surface area contributed by atoms with E-state index in [1.165, 1.54) is 0 Å². The van der Waals surface area contributed by atoms with Crippen molar-refractivity contribution in [1.29, 1.82) is 5.41 Å². The van der Waals surface area contributed by atoms with E-state index in [0.29, 0.717) is 17.8 Å². The number of aliphatic hydroxyl groups excluding tert-OH is 1. The van der Waals surface area contributed by atoms with E-state index < -0.39 is 6.10 Å². The van der Waals surface area contributed by atoms with Gasteiger partial charge in [0.1, 0.15) is 11.7 Å². The van der Waals surface area contributed by atoms with Crippen molar-refractivity contribution in [2.24, 2.45) is 12.8 Å². The minimum Gasteiger partial charge on any atom is -0.389 e. The van der Waals surface area contributed by atoms with Gasteiger partial charge in [0.15, 0.2) is 0 Å². The number of ether oxygens (including phenoxy) is 1. The summed E-state index contributed by atoms with van der Waals surface area (Å²) in [5, 5.41) is 21.6. The Hall–Kier alpha value is -1.60. The van der Waals surface area contributed by atoms with Crippen LogP contribution in [0.1, 0.15) is 11.3 Å².